The van der Waals surface area contributed by atoms with Gasteiger partial charge in [-0.25, -0.2) is 8.78 Å². The lowest BCUT2D eigenvalue weighted by atomic mass is 9.74. The molecule has 0 spiro atoms. The zero-order chi connectivity index (χ0) is 15.8. The number of benzene rings is 1. The SMILES string of the molecule is NC(Cc1cn(CC2(N)CC(F)(F)C2)nn1)c1ccccc1. The van der Waals surface area contributed by atoms with E-state index in [9.17, 15) is 8.78 Å². The maximum Gasteiger partial charge on any atom is 0.251 e. The van der Waals surface area contributed by atoms with E-state index in [1.54, 1.807) is 6.20 Å². The van der Waals surface area contributed by atoms with Gasteiger partial charge >= 0.3 is 0 Å². The van der Waals surface area contributed by atoms with Gasteiger partial charge in [-0.05, 0) is 5.56 Å². The first-order chi connectivity index (χ1) is 10.4. The molecule has 7 heteroatoms. The van der Waals surface area contributed by atoms with Crippen LogP contribution in [0.5, 0.6) is 0 Å². The summed E-state index contributed by atoms with van der Waals surface area (Å²) in [6.45, 7) is 0.246. The van der Waals surface area contributed by atoms with Gasteiger partial charge in [0.15, 0.2) is 0 Å². The minimum absolute atomic E-state index is 0.175. The predicted octanol–water partition coefficient (Wildman–Crippen LogP) is 1.65. The summed E-state index contributed by atoms with van der Waals surface area (Å²) >= 11 is 0. The summed E-state index contributed by atoms with van der Waals surface area (Å²) in [5, 5.41) is 8.01. The van der Waals surface area contributed by atoms with Gasteiger partial charge in [0.05, 0.1) is 12.2 Å². The van der Waals surface area contributed by atoms with E-state index in [-0.39, 0.29) is 25.4 Å². The molecule has 2 aromatic rings. The molecule has 22 heavy (non-hydrogen) atoms. The van der Waals surface area contributed by atoms with Crippen molar-refractivity contribution in [1.82, 2.24) is 15.0 Å². The van der Waals surface area contributed by atoms with Gasteiger partial charge in [-0.15, -0.1) is 5.10 Å². The molecule has 1 aliphatic rings. The first kappa shape index (κ1) is 15.1. The van der Waals surface area contributed by atoms with Crippen LogP contribution in [0.4, 0.5) is 8.78 Å². The summed E-state index contributed by atoms with van der Waals surface area (Å²) in [4.78, 5) is 0. The van der Waals surface area contributed by atoms with Gasteiger partial charge in [0.1, 0.15) is 0 Å². The van der Waals surface area contributed by atoms with E-state index in [1.165, 1.54) is 4.68 Å². The number of halogens is 2. The van der Waals surface area contributed by atoms with E-state index in [1.807, 2.05) is 30.3 Å². The smallest absolute Gasteiger partial charge is 0.251 e. The van der Waals surface area contributed by atoms with Crippen molar-refractivity contribution >= 4 is 0 Å². The zero-order valence-electron chi connectivity index (χ0n) is 12.1. The number of rotatable bonds is 5. The monoisotopic (exact) mass is 307 g/mol. The largest absolute Gasteiger partial charge is 0.324 e. The standard InChI is InChI=1S/C15H19F2N5/c16-15(17)8-14(19,9-15)10-22-7-12(20-21-22)6-13(18)11-4-2-1-3-5-11/h1-5,7,13H,6,8-10,18-19H2. The molecule has 1 fully saturated rings. The number of nitrogens with zero attached hydrogens (tertiary/aromatic N) is 3. The van der Waals surface area contributed by atoms with Crippen LogP contribution in [-0.4, -0.2) is 26.5 Å². The number of nitrogens with two attached hydrogens (primary N) is 2. The molecule has 0 bridgehead atoms. The number of alkyl halides is 2. The summed E-state index contributed by atoms with van der Waals surface area (Å²) in [6.07, 6.45) is 1.66. The van der Waals surface area contributed by atoms with Crippen molar-refractivity contribution in [3.63, 3.8) is 0 Å². The summed E-state index contributed by atoms with van der Waals surface area (Å²) in [7, 11) is 0. The van der Waals surface area contributed by atoms with Gasteiger partial charge in [0.25, 0.3) is 5.92 Å². The second-order valence-electron chi connectivity index (χ2n) is 6.20. The van der Waals surface area contributed by atoms with Crippen LogP contribution in [0.1, 0.15) is 30.1 Å². The van der Waals surface area contributed by atoms with E-state index in [0.29, 0.717) is 6.42 Å². The van der Waals surface area contributed by atoms with E-state index in [0.717, 1.165) is 11.3 Å². The minimum atomic E-state index is -2.65. The quantitative estimate of drug-likeness (QED) is 0.880. The first-order valence-electron chi connectivity index (χ1n) is 7.22. The fourth-order valence-corrected chi connectivity index (χ4v) is 2.97. The van der Waals surface area contributed by atoms with Gasteiger partial charge in [0, 0.05) is 37.0 Å². The van der Waals surface area contributed by atoms with Crippen molar-refractivity contribution in [2.24, 2.45) is 11.5 Å². The third-order valence-corrected chi connectivity index (χ3v) is 3.94. The Hall–Kier alpha value is -1.86. The van der Waals surface area contributed by atoms with Crippen molar-refractivity contribution < 1.29 is 8.78 Å². The van der Waals surface area contributed by atoms with Crippen LogP contribution in [0.3, 0.4) is 0 Å². The molecular weight excluding hydrogens is 288 g/mol. The predicted molar refractivity (Wildman–Crippen MR) is 78.2 cm³/mol. The van der Waals surface area contributed by atoms with E-state index < -0.39 is 11.5 Å². The summed E-state index contributed by atoms with van der Waals surface area (Å²) in [5.41, 5.74) is 12.9. The lowest BCUT2D eigenvalue weighted by Crippen LogP contribution is -2.60. The van der Waals surface area contributed by atoms with Crippen LogP contribution in [0, 0.1) is 0 Å². The Balaban J connectivity index is 1.60. The molecule has 1 aliphatic carbocycles. The van der Waals surface area contributed by atoms with Gasteiger partial charge in [-0.2, -0.15) is 0 Å². The molecule has 5 nitrogen and oxygen atoms in total. The average molecular weight is 307 g/mol. The fraction of sp³-hybridized carbons (Fsp3) is 0.467. The number of hydrogen-bond acceptors (Lipinski definition) is 4. The topological polar surface area (TPSA) is 82.8 Å². The molecule has 1 heterocycles. The highest BCUT2D eigenvalue weighted by Crippen LogP contribution is 2.44. The molecule has 1 aromatic heterocycles. The van der Waals surface area contributed by atoms with Gasteiger partial charge in [-0.1, -0.05) is 35.5 Å². The van der Waals surface area contributed by atoms with Crippen LogP contribution >= 0.6 is 0 Å². The van der Waals surface area contributed by atoms with Gasteiger partial charge in [0.2, 0.25) is 0 Å². The summed E-state index contributed by atoms with van der Waals surface area (Å²) < 4.78 is 27.4. The van der Waals surface area contributed by atoms with Crippen molar-refractivity contribution in [2.75, 3.05) is 0 Å². The zero-order valence-corrected chi connectivity index (χ0v) is 12.1. The van der Waals surface area contributed by atoms with Crippen LogP contribution in [0.15, 0.2) is 36.5 Å². The summed E-state index contributed by atoms with van der Waals surface area (Å²) in [6, 6.07) is 9.54. The molecule has 3 rings (SSSR count). The van der Waals surface area contributed by atoms with Gasteiger partial charge < -0.3 is 11.5 Å². The number of aromatic nitrogens is 3. The Bertz CT molecular complexity index is 632. The van der Waals surface area contributed by atoms with Crippen molar-refractivity contribution in [3.8, 4) is 0 Å². The Morgan fingerprint density at radius 1 is 1.23 bits per heavy atom. The second kappa shape index (κ2) is 5.40. The summed E-state index contributed by atoms with van der Waals surface area (Å²) in [5.74, 6) is -2.65. The van der Waals surface area contributed by atoms with Crippen molar-refractivity contribution in [3.05, 3.63) is 47.8 Å². The Morgan fingerprint density at radius 3 is 2.55 bits per heavy atom. The van der Waals surface area contributed by atoms with Crippen LogP contribution in [0.2, 0.25) is 0 Å². The number of hydrogen-bond donors (Lipinski definition) is 2. The fourth-order valence-electron chi connectivity index (χ4n) is 2.97. The molecule has 118 valence electrons. The van der Waals surface area contributed by atoms with Crippen molar-refractivity contribution in [2.45, 2.75) is 43.3 Å². The van der Waals surface area contributed by atoms with Crippen LogP contribution in [-0.2, 0) is 13.0 Å². The van der Waals surface area contributed by atoms with Crippen molar-refractivity contribution in [1.29, 1.82) is 0 Å². The molecular formula is C15H19F2N5. The molecule has 0 radical (unpaired) electrons. The second-order valence-corrected chi connectivity index (χ2v) is 6.20. The Labute approximate surface area is 127 Å². The average Bonchev–Trinajstić information content (AvgIpc) is 2.84. The van der Waals surface area contributed by atoms with E-state index in [4.69, 9.17) is 11.5 Å². The third-order valence-electron chi connectivity index (χ3n) is 3.94. The first-order valence-corrected chi connectivity index (χ1v) is 7.22. The molecule has 1 saturated carbocycles. The van der Waals surface area contributed by atoms with E-state index >= 15 is 0 Å². The molecule has 0 aliphatic heterocycles. The highest BCUT2D eigenvalue weighted by molar-refractivity contribution is 5.20. The maximum atomic E-state index is 13.0. The lowest BCUT2D eigenvalue weighted by Gasteiger charge is -2.44. The highest BCUT2D eigenvalue weighted by atomic mass is 19.3. The Morgan fingerprint density at radius 2 is 1.91 bits per heavy atom. The molecule has 1 unspecified atom stereocenters. The molecule has 0 saturated heterocycles. The van der Waals surface area contributed by atoms with E-state index in [2.05, 4.69) is 10.3 Å². The lowest BCUT2D eigenvalue weighted by molar-refractivity contribution is -0.127. The minimum Gasteiger partial charge on any atom is -0.324 e. The maximum absolute atomic E-state index is 13.0. The highest BCUT2D eigenvalue weighted by Gasteiger charge is 2.54. The molecule has 1 atom stereocenters. The van der Waals surface area contributed by atoms with Gasteiger partial charge in [-0.3, -0.25) is 4.68 Å². The van der Waals surface area contributed by atoms with Crippen LogP contribution in [0.25, 0.3) is 0 Å². The third kappa shape index (κ3) is 3.31. The molecule has 4 N–H and O–H groups in total. The normalized spacial score (nSPS) is 20.4. The Kier molecular flexibility index (Phi) is 3.70. The molecule has 0 amide bonds. The molecule has 1 aromatic carbocycles. The van der Waals surface area contributed by atoms with Crippen LogP contribution < -0.4 is 11.5 Å².